The maximum atomic E-state index is 13.5. The maximum Gasteiger partial charge on any atom is 0.407 e. The number of aromatic nitrogens is 2. The van der Waals surface area contributed by atoms with Crippen LogP contribution in [-0.2, 0) is 14.8 Å². The lowest BCUT2D eigenvalue weighted by atomic mass is 9.86. The van der Waals surface area contributed by atoms with E-state index < -0.39 is 15.6 Å². The van der Waals surface area contributed by atoms with Gasteiger partial charge in [0.2, 0.25) is 10.0 Å². The third-order valence-electron chi connectivity index (χ3n) is 5.93. The number of amides is 1. The van der Waals surface area contributed by atoms with Crippen LogP contribution < -0.4 is 15.4 Å². The summed E-state index contributed by atoms with van der Waals surface area (Å²) in [4.78, 5) is 21.6. The molecule has 10 nitrogen and oxygen atoms in total. The van der Waals surface area contributed by atoms with Crippen molar-refractivity contribution in [3.8, 4) is 10.4 Å². The van der Waals surface area contributed by atoms with E-state index in [2.05, 4.69) is 25.3 Å². The number of oxazole rings is 1. The van der Waals surface area contributed by atoms with Gasteiger partial charge in [0.25, 0.3) is 6.01 Å². The molecule has 12 heteroatoms. The van der Waals surface area contributed by atoms with E-state index in [4.69, 9.17) is 9.15 Å². The van der Waals surface area contributed by atoms with Gasteiger partial charge < -0.3 is 19.8 Å². The minimum atomic E-state index is -3.86. The van der Waals surface area contributed by atoms with Crippen LogP contribution in [0.15, 0.2) is 46.2 Å². The minimum absolute atomic E-state index is 0.0841. The van der Waals surface area contributed by atoms with E-state index in [1.807, 2.05) is 13.8 Å². The average Bonchev–Trinajstić information content (AvgIpc) is 3.50. The zero-order valence-electron chi connectivity index (χ0n) is 22.3. The van der Waals surface area contributed by atoms with Gasteiger partial charge in [-0.25, -0.2) is 27.9 Å². The van der Waals surface area contributed by atoms with Crippen molar-refractivity contribution in [2.45, 2.75) is 88.8 Å². The normalized spacial score (nSPS) is 18.4. The van der Waals surface area contributed by atoms with Crippen LogP contribution in [0, 0.1) is 0 Å². The Kier molecular flexibility index (Phi) is 8.43. The van der Waals surface area contributed by atoms with Gasteiger partial charge >= 0.3 is 6.09 Å². The second-order valence-corrected chi connectivity index (χ2v) is 13.5. The van der Waals surface area contributed by atoms with Crippen LogP contribution in [0.2, 0.25) is 0 Å². The topological polar surface area (TPSA) is 135 Å². The van der Waals surface area contributed by atoms with Crippen molar-refractivity contribution >= 4 is 39.2 Å². The van der Waals surface area contributed by atoms with Gasteiger partial charge in [-0.2, -0.15) is 0 Å². The molecular formula is C26H35N5O5S2. The number of thiazole rings is 1. The number of rotatable bonds is 8. The van der Waals surface area contributed by atoms with Gasteiger partial charge in [0, 0.05) is 34.9 Å². The number of alkyl carbamates (subject to hydrolysis) is 1. The number of hydrogen-bond acceptors (Lipinski definition) is 9. The van der Waals surface area contributed by atoms with E-state index in [9.17, 15) is 13.2 Å². The van der Waals surface area contributed by atoms with Gasteiger partial charge in [-0.1, -0.05) is 6.07 Å². The van der Waals surface area contributed by atoms with Crippen molar-refractivity contribution in [1.29, 1.82) is 0 Å². The van der Waals surface area contributed by atoms with Crippen molar-refractivity contribution in [2.24, 2.45) is 0 Å². The van der Waals surface area contributed by atoms with Crippen molar-refractivity contribution in [3.63, 3.8) is 0 Å². The standard InChI is InChI=1S/C26H35N5O5S2/c1-16(2)36-25(32)30-18-8-6-17(7-9-18)23-28-15-21(37-23)20-11-10-19(29-24-27-12-13-35-24)14-22(20)38(33,34)31-26(3,4)5/h10-18,31H,6-9H2,1-5H3,(H,27,29)(H,30,32). The number of carbonyl (C=O) groups excluding carboxylic acids is 1. The molecule has 0 unspecified atom stereocenters. The molecule has 1 saturated carbocycles. The molecule has 2 aromatic heterocycles. The molecule has 3 N–H and O–H groups in total. The summed E-state index contributed by atoms with van der Waals surface area (Å²) >= 11 is 1.51. The Labute approximate surface area is 227 Å². The van der Waals surface area contributed by atoms with Crippen molar-refractivity contribution in [1.82, 2.24) is 20.0 Å². The largest absolute Gasteiger partial charge is 0.447 e. The van der Waals surface area contributed by atoms with Crippen LogP contribution >= 0.6 is 11.3 Å². The molecule has 2 heterocycles. The fourth-order valence-electron chi connectivity index (χ4n) is 4.39. The van der Waals surface area contributed by atoms with E-state index in [0.29, 0.717) is 11.3 Å². The third kappa shape index (κ3) is 7.33. The van der Waals surface area contributed by atoms with E-state index in [1.54, 1.807) is 45.2 Å². The summed E-state index contributed by atoms with van der Waals surface area (Å²) in [6, 6.07) is 5.51. The monoisotopic (exact) mass is 561 g/mol. The molecule has 1 fully saturated rings. The number of nitrogens with zero attached hydrogens (tertiary/aromatic N) is 2. The molecule has 38 heavy (non-hydrogen) atoms. The molecule has 4 rings (SSSR count). The van der Waals surface area contributed by atoms with E-state index in [0.717, 1.165) is 35.6 Å². The summed E-state index contributed by atoms with van der Waals surface area (Å²) < 4.78 is 40.1. The lowest BCUT2D eigenvalue weighted by molar-refractivity contribution is 0.109. The molecule has 0 aliphatic heterocycles. The summed E-state index contributed by atoms with van der Waals surface area (Å²) in [5, 5.41) is 6.92. The predicted molar refractivity (Wildman–Crippen MR) is 147 cm³/mol. The molecule has 0 bridgehead atoms. The Morgan fingerprint density at radius 3 is 2.53 bits per heavy atom. The Hall–Kier alpha value is -2.96. The number of benzene rings is 1. The molecule has 3 aromatic rings. The number of carbonyl (C=O) groups is 1. The van der Waals surface area contributed by atoms with Crippen LogP contribution in [-0.4, -0.2) is 42.2 Å². The molecule has 0 radical (unpaired) electrons. The van der Waals surface area contributed by atoms with Gasteiger partial charge in [-0.15, -0.1) is 11.3 Å². The van der Waals surface area contributed by atoms with Gasteiger partial charge in [-0.05, 0) is 72.4 Å². The summed E-state index contributed by atoms with van der Waals surface area (Å²) in [6.07, 6.45) is 7.61. The number of ether oxygens (including phenoxy) is 1. The first-order valence-electron chi connectivity index (χ1n) is 12.7. The second kappa shape index (κ2) is 11.4. The predicted octanol–water partition coefficient (Wildman–Crippen LogP) is 5.78. The maximum absolute atomic E-state index is 13.5. The zero-order valence-corrected chi connectivity index (χ0v) is 23.9. The molecule has 206 valence electrons. The molecule has 1 amide bonds. The lowest BCUT2D eigenvalue weighted by Gasteiger charge is -2.28. The number of sulfonamides is 1. The van der Waals surface area contributed by atoms with Gasteiger partial charge in [0.1, 0.15) is 6.26 Å². The first kappa shape index (κ1) is 28.1. The first-order chi connectivity index (χ1) is 17.9. The van der Waals surface area contributed by atoms with Crippen LogP contribution in [0.4, 0.5) is 16.5 Å². The van der Waals surface area contributed by atoms with Gasteiger partial charge in [0.05, 0.1) is 27.1 Å². The van der Waals surface area contributed by atoms with E-state index >= 15 is 0 Å². The lowest BCUT2D eigenvalue weighted by Crippen LogP contribution is -2.40. The van der Waals surface area contributed by atoms with Crippen LogP contribution in [0.3, 0.4) is 0 Å². The third-order valence-corrected chi connectivity index (χ3v) is 8.92. The number of hydrogen-bond donors (Lipinski definition) is 3. The highest BCUT2D eigenvalue weighted by molar-refractivity contribution is 7.89. The Bertz CT molecular complexity index is 1340. The Morgan fingerprint density at radius 1 is 1.16 bits per heavy atom. The molecule has 0 spiro atoms. The molecular weight excluding hydrogens is 526 g/mol. The van der Waals surface area contributed by atoms with E-state index in [-0.39, 0.29) is 35.1 Å². The fourth-order valence-corrected chi connectivity index (χ4v) is 7.25. The smallest absolute Gasteiger partial charge is 0.407 e. The molecule has 0 atom stereocenters. The van der Waals surface area contributed by atoms with Crippen molar-refractivity contribution in [2.75, 3.05) is 5.32 Å². The minimum Gasteiger partial charge on any atom is -0.447 e. The van der Waals surface area contributed by atoms with Gasteiger partial charge in [-0.3, -0.25) is 0 Å². The molecule has 0 saturated heterocycles. The number of anilines is 2. The highest BCUT2D eigenvalue weighted by atomic mass is 32.2. The SMILES string of the molecule is CC(C)OC(=O)NC1CCC(c2ncc(-c3ccc(Nc4ncco4)cc3S(=O)(=O)NC(C)(C)C)s2)CC1. The second-order valence-electron chi connectivity index (χ2n) is 10.7. The summed E-state index contributed by atoms with van der Waals surface area (Å²) in [5.41, 5.74) is 0.460. The van der Waals surface area contributed by atoms with Gasteiger partial charge in [0.15, 0.2) is 0 Å². The fraction of sp³-hybridized carbons (Fsp3) is 0.500. The number of nitrogens with one attached hydrogen (secondary N) is 3. The zero-order chi connectivity index (χ0) is 27.5. The highest BCUT2D eigenvalue weighted by Gasteiger charge is 2.29. The van der Waals surface area contributed by atoms with E-state index in [1.165, 1.54) is 23.8 Å². The summed E-state index contributed by atoms with van der Waals surface area (Å²) in [7, 11) is -3.86. The average molecular weight is 562 g/mol. The quantitative estimate of drug-likeness (QED) is 0.315. The van der Waals surface area contributed by atoms with Crippen molar-refractivity contribution < 1.29 is 22.4 Å². The summed E-state index contributed by atoms with van der Waals surface area (Å²) in [6.45, 7) is 9.06. The Morgan fingerprint density at radius 2 is 1.89 bits per heavy atom. The highest BCUT2D eigenvalue weighted by Crippen LogP contribution is 2.40. The van der Waals surface area contributed by atoms with Crippen LogP contribution in [0.1, 0.15) is 71.2 Å². The first-order valence-corrected chi connectivity index (χ1v) is 15.0. The molecule has 1 aromatic carbocycles. The van der Waals surface area contributed by atoms with Crippen LogP contribution in [0.25, 0.3) is 10.4 Å². The van der Waals surface area contributed by atoms with Crippen molar-refractivity contribution in [3.05, 3.63) is 41.9 Å². The Balaban J connectivity index is 1.54. The van der Waals surface area contributed by atoms with Crippen LogP contribution in [0.5, 0.6) is 0 Å². The summed E-state index contributed by atoms with van der Waals surface area (Å²) in [5.74, 6) is 0.256. The molecule has 1 aliphatic carbocycles. The molecule has 1 aliphatic rings.